The summed E-state index contributed by atoms with van der Waals surface area (Å²) in [4.78, 5) is 11.7. The van der Waals surface area contributed by atoms with Crippen LogP contribution >= 0.6 is 0 Å². The number of carboxylic acids is 1. The van der Waals surface area contributed by atoms with Crippen molar-refractivity contribution in [3.05, 3.63) is 77.5 Å². The van der Waals surface area contributed by atoms with E-state index in [-0.39, 0.29) is 29.2 Å². The van der Waals surface area contributed by atoms with Gasteiger partial charge in [0, 0.05) is 40.9 Å². The molecule has 0 spiro atoms. The third kappa shape index (κ3) is 4.21. The number of phenolic OH excluding ortho intramolecular Hbond substituents is 1. The minimum absolute atomic E-state index is 0.00685. The molecule has 1 heterocycles. The standard InChI is InChI=1S/C27H25F2NO5/c1-27(2,14-34-3)25-23(15-8-9-20(29)22(11-15)35-4)19-12-17(28)13-21(31)24(19)30(25)18-7-5-6-16(10-18)26(32)33/h5-13,31H,14H2,1-4H3,(H,32,33). The number of carbonyl (C=O) groups is 1. The molecule has 0 fully saturated rings. The summed E-state index contributed by atoms with van der Waals surface area (Å²) in [6, 6.07) is 12.9. The van der Waals surface area contributed by atoms with Gasteiger partial charge in [-0.3, -0.25) is 0 Å². The van der Waals surface area contributed by atoms with Gasteiger partial charge in [0.1, 0.15) is 11.6 Å². The van der Waals surface area contributed by atoms with Crippen molar-refractivity contribution >= 4 is 16.9 Å². The number of rotatable bonds is 7. The van der Waals surface area contributed by atoms with E-state index in [4.69, 9.17) is 9.47 Å². The lowest BCUT2D eigenvalue weighted by Gasteiger charge is -2.28. The summed E-state index contributed by atoms with van der Waals surface area (Å²) in [6.45, 7) is 4.08. The summed E-state index contributed by atoms with van der Waals surface area (Å²) in [5, 5.41) is 20.8. The van der Waals surface area contributed by atoms with Gasteiger partial charge in [-0.1, -0.05) is 26.0 Å². The van der Waals surface area contributed by atoms with Gasteiger partial charge in [0.25, 0.3) is 0 Å². The normalized spacial score (nSPS) is 11.7. The highest BCUT2D eigenvalue weighted by molar-refractivity contribution is 6.03. The van der Waals surface area contributed by atoms with Gasteiger partial charge in [-0.2, -0.15) is 0 Å². The number of phenols is 1. The summed E-state index contributed by atoms with van der Waals surface area (Å²) in [5.41, 5.74) is 1.76. The molecule has 4 rings (SSSR count). The van der Waals surface area contributed by atoms with Crippen molar-refractivity contribution in [3.63, 3.8) is 0 Å². The number of methoxy groups -OCH3 is 2. The zero-order valence-corrected chi connectivity index (χ0v) is 19.7. The van der Waals surface area contributed by atoms with Crippen molar-refractivity contribution in [2.45, 2.75) is 19.3 Å². The molecule has 0 saturated heterocycles. The molecule has 1 aromatic heterocycles. The molecule has 4 aromatic rings. The van der Waals surface area contributed by atoms with Crippen LogP contribution in [0.4, 0.5) is 8.78 Å². The number of hydrogen-bond acceptors (Lipinski definition) is 4. The number of aromatic nitrogens is 1. The number of aromatic hydroxyl groups is 1. The van der Waals surface area contributed by atoms with E-state index in [2.05, 4.69) is 0 Å². The van der Waals surface area contributed by atoms with Crippen molar-refractivity contribution in [2.24, 2.45) is 0 Å². The van der Waals surface area contributed by atoms with Crippen molar-refractivity contribution in [1.29, 1.82) is 0 Å². The zero-order chi connectivity index (χ0) is 25.5. The molecule has 8 heteroatoms. The molecule has 0 saturated carbocycles. The summed E-state index contributed by atoms with van der Waals surface area (Å²) in [5.74, 6) is -2.64. The first kappa shape index (κ1) is 24.2. The third-order valence-corrected chi connectivity index (χ3v) is 5.95. The number of ether oxygens (including phenoxy) is 2. The number of fused-ring (bicyclic) bond motifs is 1. The minimum atomic E-state index is -1.11. The highest BCUT2D eigenvalue weighted by atomic mass is 19.1. The first-order chi connectivity index (χ1) is 16.6. The van der Waals surface area contributed by atoms with Crippen LogP contribution in [0.15, 0.2) is 54.6 Å². The molecule has 0 aliphatic rings. The fourth-order valence-corrected chi connectivity index (χ4v) is 4.58. The van der Waals surface area contributed by atoms with Crippen LogP contribution in [0.2, 0.25) is 0 Å². The molecule has 0 unspecified atom stereocenters. The molecule has 6 nitrogen and oxygen atoms in total. The third-order valence-electron chi connectivity index (χ3n) is 5.95. The average Bonchev–Trinajstić information content (AvgIpc) is 3.15. The Hall–Kier alpha value is -3.91. The summed E-state index contributed by atoms with van der Waals surface area (Å²) in [6.07, 6.45) is 0. The summed E-state index contributed by atoms with van der Waals surface area (Å²) < 4.78 is 41.2. The van der Waals surface area contributed by atoms with E-state index in [1.54, 1.807) is 29.9 Å². The smallest absolute Gasteiger partial charge is 0.335 e. The molecule has 0 aliphatic carbocycles. The second-order valence-corrected chi connectivity index (χ2v) is 8.90. The van der Waals surface area contributed by atoms with E-state index in [0.29, 0.717) is 27.9 Å². The van der Waals surface area contributed by atoms with E-state index in [9.17, 15) is 23.8 Å². The van der Waals surface area contributed by atoms with E-state index in [1.165, 1.54) is 37.4 Å². The van der Waals surface area contributed by atoms with Crippen LogP contribution in [0.25, 0.3) is 27.7 Å². The van der Waals surface area contributed by atoms with Gasteiger partial charge in [0.05, 0.1) is 24.8 Å². The predicted molar refractivity (Wildman–Crippen MR) is 129 cm³/mol. The molecular formula is C27H25F2NO5. The molecule has 0 atom stereocenters. The van der Waals surface area contributed by atoms with Gasteiger partial charge in [0.15, 0.2) is 11.6 Å². The predicted octanol–water partition coefficient (Wildman–Crippen LogP) is 5.91. The topological polar surface area (TPSA) is 80.9 Å². The molecule has 0 radical (unpaired) electrons. The molecule has 0 bridgehead atoms. The van der Waals surface area contributed by atoms with Gasteiger partial charge >= 0.3 is 5.97 Å². The van der Waals surface area contributed by atoms with Gasteiger partial charge in [-0.25, -0.2) is 13.6 Å². The van der Waals surface area contributed by atoms with E-state index in [0.717, 1.165) is 6.07 Å². The van der Waals surface area contributed by atoms with Gasteiger partial charge in [-0.15, -0.1) is 0 Å². The maximum absolute atomic E-state index is 14.6. The Morgan fingerprint density at radius 3 is 2.46 bits per heavy atom. The molecule has 182 valence electrons. The largest absolute Gasteiger partial charge is 0.506 e. The maximum Gasteiger partial charge on any atom is 0.335 e. The van der Waals surface area contributed by atoms with Gasteiger partial charge in [-0.05, 0) is 42.0 Å². The van der Waals surface area contributed by atoms with Crippen LogP contribution in [0.1, 0.15) is 29.9 Å². The van der Waals surface area contributed by atoms with Crippen molar-refractivity contribution < 1.29 is 33.3 Å². The highest BCUT2D eigenvalue weighted by Gasteiger charge is 2.33. The fourth-order valence-electron chi connectivity index (χ4n) is 4.58. The van der Waals surface area contributed by atoms with Crippen LogP contribution in [-0.4, -0.2) is 41.6 Å². The lowest BCUT2D eigenvalue weighted by molar-refractivity contribution is 0.0697. The zero-order valence-electron chi connectivity index (χ0n) is 19.7. The lowest BCUT2D eigenvalue weighted by Crippen LogP contribution is -2.27. The molecule has 0 aliphatic heterocycles. The molecule has 0 amide bonds. The van der Waals surface area contributed by atoms with E-state index >= 15 is 0 Å². The Kier molecular flexibility index (Phi) is 6.25. The number of carboxylic acid groups (broad SMARTS) is 1. The van der Waals surface area contributed by atoms with Crippen LogP contribution < -0.4 is 4.74 Å². The average molecular weight is 481 g/mol. The lowest BCUT2D eigenvalue weighted by atomic mass is 9.84. The Morgan fingerprint density at radius 2 is 1.80 bits per heavy atom. The Balaban J connectivity index is 2.23. The first-order valence-electron chi connectivity index (χ1n) is 10.8. The first-order valence-corrected chi connectivity index (χ1v) is 10.8. The maximum atomic E-state index is 14.6. The SMILES string of the molecule is COCC(C)(C)c1c(-c2ccc(F)c(OC)c2)c2cc(F)cc(O)c2n1-c1cccc(C(=O)O)c1. The number of halogens is 2. The number of benzene rings is 3. The fraction of sp³-hybridized carbons (Fsp3) is 0.222. The second-order valence-electron chi connectivity index (χ2n) is 8.90. The van der Waals surface area contributed by atoms with Crippen LogP contribution in [0.5, 0.6) is 11.5 Å². The van der Waals surface area contributed by atoms with Gasteiger partial charge < -0.3 is 24.3 Å². The molecule has 3 aromatic carbocycles. The quantitative estimate of drug-likeness (QED) is 0.343. The van der Waals surface area contributed by atoms with Crippen LogP contribution in [0.3, 0.4) is 0 Å². The van der Waals surface area contributed by atoms with Crippen molar-refractivity contribution in [2.75, 3.05) is 20.8 Å². The second kappa shape index (κ2) is 9.03. The summed E-state index contributed by atoms with van der Waals surface area (Å²) in [7, 11) is 2.90. The highest BCUT2D eigenvalue weighted by Crippen LogP contribution is 2.46. The molecular weight excluding hydrogens is 456 g/mol. The van der Waals surface area contributed by atoms with Crippen LogP contribution in [-0.2, 0) is 10.2 Å². The van der Waals surface area contributed by atoms with Crippen molar-refractivity contribution in [1.82, 2.24) is 4.57 Å². The van der Waals surface area contributed by atoms with E-state index in [1.807, 2.05) is 13.8 Å². The summed E-state index contributed by atoms with van der Waals surface area (Å²) >= 11 is 0. The molecule has 35 heavy (non-hydrogen) atoms. The monoisotopic (exact) mass is 481 g/mol. The minimum Gasteiger partial charge on any atom is -0.506 e. The Labute approximate surface area is 201 Å². The van der Waals surface area contributed by atoms with Gasteiger partial charge in [0.2, 0.25) is 0 Å². The molecule has 2 N–H and O–H groups in total. The number of nitrogens with zero attached hydrogens (tertiary/aromatic N) is 1. The van der Waals surface area contributed by atoms with Crippen LogP contribution in [0, 0.1) is 11.6 Å². The van der Waals surface area contributed by atoms with Crippen molar-refractivity contribution in [3.8, 4) is 28.3 Å². The number of hydrogen-bond donors (Lipinski definition) is 2. The van der Waals surface area contributed by atoms with E-state index < -0.39 is 23.0 Å². The number of aromatic carboxylic acids is 1. The Bertz CT molecular complexity index is 1440. The Morgan fingerprint density at radius 1 is 1.06 bits per heavy atom.